The molecule has 5 heteroatoms. The van der Waals surface area contributed by atoms with Gasteiger partial charge in [0.05, 0.1) is 33.4 Å². The van der Waals surface area contributed by atoms with Crippen LogP contribution in [0.15, 0.2) is 36.4 Å². The second-order valence-electron chi connectivity index (χ2n) is 7.31. The summed E-state index contributed by atoms with van der Waals surface area (Å²) in [5, 5.41) is 0. The summed E-state index contributed by atoms with van der Waals surface area (Å²) in [4.78, 5) is 11.8. The van der Waals surface area contributed by atoms with Gasteiger partial charge >= 0.3 is 5.97 Å². The van der Waals surface area contributed by atoms with Gasteiger partial charge in [-0.05, 0) is 73.6 Å². The molecule has 0 N–H and O–H groups in total. The van der Waals surface area contributed by atoms with Crippen molar-refractivity contribution in [3.05, 3.63) is 53.1 Å². The number of carbonyl (C=O) groups excluding carboxylic acids is 1. The predicted molar refractivity (Wildman–Crippen MR) is 112 cm³/mol. The Morgan fingerprint density at radius 2 is 1.90 bits per heavy atom. The summed E-state index contributed by atoms with van der Waals surface area (Å²) < 4.78 is 22.2. The molecule has 29 heavy (non-hydrogen) atoms. The van der Waals surface area contributed by atoms with E-state index in [4.69, 9.17) is 18.9 Å². The van der Waals surface area contributed by atoms with Crippen LogP contribution in [0.4, 0.5) is 0 Å². The molecule has 0 spiro atoms. The standard InChI is InChI=1S/C24H30O5/c1-4-27-24(25)16-19-8-7-18-15-20(9-10-21(18)19)28-12-5-13-29-22-11-6-17(2)14-23(22)26-3/h6,9-11,14-15,19H,4-5,7-8,12-13,16H2,1-3H3/t19-/m0/s1. The van der Waals surface area contributed by atoms with Gasteiger partial charge in [-0.1, -0.05) is 12.1 Å². The van der Waals surface area contributed by atoms with Crippen LogP contribution < -0.4 is 14.2 Å². The Kier molecular flexibility index (Phi) is 7.39. The fourth-order valence-electron chi connectivity index (χ4n) is 3.73. The van der Waals surface area contributed by atoms with Gasteiger partial charge in [0.1, 0.15) is 5.75 Å². The topological polar surface area (TPSA) is 54.0 Å². The van der Waals surface area contributed by atoms with E-state index in [9.17, 15) is 4.79 Å². The molecule has 156 valence electrons. The number of benzene rings is 2. The number of carbonyl (C=O) groups is 1. The molecular formula is C24H30O5. The molecule has 0 heterocycles. The van der Waals surface area contributed by atoms with E-state index in [-0.39, 0.29) is 11.9 Å². The number of hydrogen-bond donors (Lipinski definition) is 0. The molecule has 0 radical (unpaired) electrons. The Hall–Kier alpha value is -2.69. The van der Waals surface area contributed by atoms with Gasteiger partial charge in [0, 0.05) is 6.42 Å². The van der Waals surface area contributed by atoms with Crippen molar-refractivity contribution in [2.24, 2.45) is 0 Å². The first-order valence-corrected chi connectivity index (χ1v) is 10.3. The van der Waals surface area contributed by atoms with Gasteiger partial charge in [-0.3, -0.25) is 4.79 Å². The van der Waals surface area contributed by atoms with E-state index in [0.29, 0.717) is 26.2 Å². The fraction of sp³-hybridized carbons (Fsp3) is 0.458. The van der Waals surface area contributed by atoms with Crippen LogP contribution in [0.25, 0.3) is 0 Å². The molecule has 0 saturated heterocycles. The van der Waals surface area contributed by atoms with E-state index in [1.54, 1.807) is 7.11 Å². The van der Waals surface area contributed by atoms with Crippen LogP contribution in [0.1, 0.15) is 48.8 Å². The van der Waals surface area contributed by atoms with Gasteiger partial charge in [-0.25, -0.2) is 0 Å². The average molecular weight is 398 g/mol. The summed E-state index contributed by atoms with van der Waals surface area (Å²) in [5.74, 6) is 2.52. The van der Waals surface area contributed by atoms with Gasteiger partial charge in [0.15, 0.2) is 11.5 Å². The first kappa shape index (κ1) is 21.0. The highest BCUT2D eigenvalue weighted by Crippen LogP contribution is 2.37. The molecule has 0 saturated carbocycles. The van der Waals surface area contributed by atoms with Crippen LogP contribution in [0.3, 0.4) is 0 Å². The third-order valence-corrected chi connectivity index (χ3v) is 5.17. The maximum atomic E-state index is 11.8. The fourth-order valence-corrected chi connectivity index (χ4v) is 3.73. The van der Waals surface area contributed by atoms with E-state index >= 15 is 0 Å². The van der Waals surface area contributed by atoms with Crippen LogP contribution in [-0.4, -0.2) is 32.9 Å². The van der Waals surface area contributed by atoms with Crippen LogP contribution in [0, 0.1) is 6.92 Å². The summed E-state index contributed by atoms with van der Waals surface area (Å²) in [6.07, 6.45) is 3.21. The number of methoxy groups -OCH3 is 1. The highest BCUT2D eigenvalue weighted by molar-refractivity contribution is 5.71. The molecule has 5 nitrogen and oxygen atoms in total. The molecule has 3 rings (SSSR count). The molecule has 0 aliphatic heterocycles. The molecule has 2 aromatic carbocycles. The lowest BCUT2D eigenvalue weighted by atomic mass is 9.98. The van der Waals surface area contributed by atoms with Crippen molar-refractivity contribution in [2.75, 3.05) is 26.9 Å². The van der Waals surface area contributed by atoms with E-state index in [1.807, 2.05) is 38.1 Å². The minimum absolute atomic E-state index is 0.115. The molecular weight excluding hydrogens is 368 g/mol. The van der Waals surface area contributed by atoms with E-state index in [2.05, 4.69) is 12.1 Å². The smallest absolute Gasteiger partial charge is 0.306 e. The molecule has 2 aromatic rings. The quantitative estimate of drug-likeness (QED) is 0.424. The molecule has 1 atom stereocenters. The van der Waals surface area contributed by atoms with Crippen molar-refractivity contribution < 1.29 is 23.7 Å². The predicted octanol–water partition coefficient (Wildman–Crippen LogP) is 4.83. The van der Waals surface area contributed by atoms with Crippen LogP contribution in [0.2, 0.25) is 0 Å². The summed E-state index contributed by atoms with van der Waals surface area (Å²) in [7, 11) is 1.65. The zero-order valence-electron chi connectivity index (χ0n) is 17.5. The number of ether oxygens (including phenoxy) is 4. The summed E-state index contributed by atoms with van der Waals surface area (Å²) >= 11 is 0. The highest BCUT2D eigenvalue weighted by atomic mass is 16.5. The summed E-state index contributed by atoms with van der Waals surface area (Å²) in [6.45, 7) is 5.44. The van der Waals surface area contributed by atoms with Gasteiger partial charge < -0.3 is 18.9 Å². The van der Waals surface area contributed by atoms with E-state index < -0.39 is 0 Å². The lowest BCUT2D eigenvalue weighted by molar-refractivity contribution is -0.143. The van der Waals surface area contributed by atoms with Gasteiger partial charge in [-0.15, -0.1) is 0 Å². The van der Waals surface area contributed by atoms with Crippen molar-refractivity contribution in [1.29, 1.82) is 0 Å². The largest absolute Gasteiger partial charge is 0.493 e. The Morgan fingerprint density at radius 3 is 2.69 bits per heavy atom. The number of hydrogen-bond acceptors (Lipinski definition) is 5. The average Bonchev–Trinajstić information content (AvgIpc) is 3.10. The van der Waals surface area contributed by atoms with E-state index in [0.717, 1.165) is 42.1 Å². The Labute approximate surface area is 172 Å². The summed E-state index contributed by atoms with van der Waals surface area (Å²) in [6, 6.07) is 12.1. The minimum atomic E-state index is -0.115. The Morgan fingerprint density at radius 1 is 1.07 bits per heavy atom. The molecule has 0 aromatic heterocycles. The second kappa shape index (κ2) is 10.2. The van der Waals surface area contributed by atoms with Crippen LogP contribution in [-0.2, 0) is 16.0 Å². The lowest BCUT2D eigenvalue weighted by Gasteiger charge is -2.13. The number of fused-ring (bicyclic) bond motifs is 1. The van der Waals surface area contributed by atoms with Crippen molar-refractivity contribution in [3.8, 4) is 17.2 Å². The third kappa shape index (κ3) is 5.66. The Balaban J connectivity index is 1.45. The SMILES string of the molecule is CCOC(=O)C[C@@H]1CCc2cc(OCCCOc3ccc(C)cc3OC)ccc21. The molecule has 0 bridgehead atoms. The number of esters is 1. The molecule has 0 unspecified atom stereocenters. The lowest BCUT2D eigenvalue weighted by Crippen LogP contribution is -2.08. The number of aryl methyl sites for hydroxylation is 2. The van der Waals surface area contributed by atoms with Gasteiger partial charge in [0.25, 0.3) is 0 Å². The van der Waals surface area contributed by atoms with Gasteiger partial charge in [0.2, 0.25) is 0 Å². The van der Waals surface area contributed by atoms with Crippen molar-refractivity contribution in [2.45, 2.75) is 45.4 Å². The van der Waals surface area contributed by atoms with Gasteiger partial charge in [-0.2, -0.15) is 0 Å². The minimum Gasteiger partial charge on any atom is -0.493 e. The molecule has 0 amide bonds. The maximum Gasteiger partial charge on any atom is 0.306 e. The molecule has 1 aliphatic rings. The maximum absolute atomic E-state index is 11.8. The summed E-state index contributed by atoms with van der Waals surface area (Å²) in [5.41, 5.74) is 3.66. The highest BCUT2D eigenvalue weighted by Gasteiger charge is 2.25. The normalized spacial score (nSPS) is 14.9. The number of rotatable bonds is 10. The van der Waals surface area contributed by atoms with Crippen molar-refractivity contribution in [3.63, 3.8) is 0 Å². The molecule has 1 aliphatic carbocycles. The van der Waals surface area contributed by atoms with Crippen molar-refractivity contribution in [1.82, 2.24) is 0 Å². The second-order valence-corrected chi connectivity index (χ2v) is 7.31. The third-order valence-electron chi connectivity index (χ3n) is 5.17. The van der Waals surface area contributed by atoms with Crippen LogP contribution in [0.5, 0.6) is 17.2 Å². The first-order chi connectivity index (χ1) is 14.1. The van der Waals surface area contributed by atoms with Crippen LogP contribution >= 0.6 is 0 Å². The monoisotopic (exact) mass is 398 g/mol. The molecule has 0 fully saturated rings. The zero-order chi connectivity index (χ0) is 20.6. The van der Waals surface area contributed by atoms with Crippen molar-refractivity contribution >= 4 is 5.97 Å². The first-order valence-electron chi connectivity index (χ1n) is 10.3. The zero-order valence-corrected chi connectivity index (χ0v) is 17.5. The van der Waals surface area contributed by atoms with E-state index in [1.165, 1.54) is 11.1 Å². The Bertz CT molecular complexity index is 830.